The number of fused-ring (bicyclic) bond motifs is 3. The number of aryl methyl sites for hydroxylation is 1. The van der Waals surface area contributed by atoms with Crippen molar-refractivity contribution in [3.8, 4) is 11.1 Å². The predicted molar refractivity (Wildman–Crippen MR) is 123 cm³/mol. The number of carboxylic acids is 1. The molecule has 1 aliphatic rings. The molecule has 0 fully saturated rings. The first-order valence-corrected chi connectivity index (χ1v) is 10.9. The lowest BCUT2D eigenvalue weighted by molar-refractivity contribution is -0.137. The monoisotopic (exact) mass is 463 g/mol. The third-order valence-electron chi connectivity index (χ3n) is 5.99. The molecule has 34 heavy (non-hydrogen) atoms. The van der Waals surface area contributed by atoms with Crippen molar-refractivity contribution >= 4 is 23.9 Å². The number of carbonyl (C=O) groups excluding carboxylic acids is 2. The van der Waals surface area contributed by atoms with E-state index in [1.807, 2.05) is 48.5 Å². The van der Waals surface area contributed by atoms with E-state index in [4.69, 9.17) is 14.4 Å². The van der Waals surface area contributed by atoms with Crippen molar-refractivity contribution in [2.45, 2.75) is 38.6 Å². The van der Waals surface area contributed by atoms with Gasteiger partial charge in [0.25, 0.3) is 0 Å². The first-order valence-electron chi connectivity index (χ1n) is 10.9. The van der Waals surface area contributed by atoms with Gasteiger partial charge in [0.1, 0.15) is 12.6 Å². The number of carbonyl (C=O) groups is 3. The van der Waals surface area contributed by atoms with Gasteiger partial charge in [-0.1, -0.05) is 53.7 Å². The molecule has 0 saturated carbocycles. The lowest BCUT2D eigenvalue weighted by Gasteiger charge is -2.19. The van der Waals surface area contributed by atoms with Crippen LogP contribution < -0.4 is 10.6 Å². The average molecular weight is 463 g/mol. The van der Waals surface area contributed by atoms with Gasteiger partial charge in [-0.2, -0.15) is 0 Å². The smallest absolute Gasteiger partial charge is 0.407 e. The average Bonchev–Trinajstić information content (AvgIpc) is 3.32. The molecule has 9 heteroatoms. The van der Waals surface area contributed by atoms with Crippen LogP contribution in [0.25, 0.3) is 11.1 Å². The number of carboxylic acid groups (broad SMARTS) is 1. The molecule has 176 valence electrons. The summed E-state index contributed by atoms with van der Waals surface area (Å²) in [6.07, 6.45) is -1.23. The molecule has 1 aromatic heterocycles. The van der Waals surface area contributed by atoms with Crippen LogP contribution in [0.4, 0.5) is 10.7 Å². The van der Waals surface area contributed by atoms with Crippen molar-refractivity contribution in [2.24, 2.45) is 0 Å². The van der Waals surface area contributed by atoms with Gasteiger partial charge in [0.2, 0.25) is 11.8 Å². The molecule has 2 aromatic carbocycles. The molecule has 0 radical (unpaired) electrons. The van der Waals surface area contributed by atoms with Crippen molar-refractivity contribution < 1.29 is 28.8 Å². The predicted octanol–water partition coefficient (Wildman–Crippen LogP) is 4.00. The Bertz CT molecular complexity index is 1190. The fourth-order valence-corrected chi connectivity index (χ4v) is 4.05. The fraction of sp³-hybridized carbons (Fsp3) is 0.280. The Hall–Kier alpha value is -4.14. The summed E-state index contributed by atoms with van der Waals surface area (Å²) < 4.78 is 10.6. The summed E-state index contributed by atoms with van der Waals surface area (Å²) in [4.78, 5) is 36.4. The molecular weight excluding hydrogens is 438 g/mol. The maximum Gasteiger partial charge on any atom is 0.407 e. The Morgan fingerprint density at radius 1 is 1.06 bits per heavy atom. The number of amides is 2. The number of nitrogens with zero attached hydrogens (tertiary/aromatic N) is 1. The zero-order chi connectivity index (χ0) is 24.2. The topological polar surface area (TPSA) is 131 Å². The molecule has 4 rings (SSSR count). The van der Waals surface area contributed by atoms with Crippen molar-refractivity contribution in [1.29, 1.82) is 0 Å². The highest BCUT2D eigenvalue weighted by Crippen LogP contribution is 2.44. The maximum absolute atomic E-state index is 12.7. The van der Waals surface area contributed by atoms with Crippen LogP contribution in [0.1, 0.15) is 41.1 Å². The second kappa shape index (κ2) is 9.78. The SMILES string of the molecule is Cc1noc(NC(=O)C(CCC(=O)O)NC(=O)OCC2c3ccccc3-c3ccccc32)c1C. The molecular formula is C25H25N3O6. The van der Waals surface area contributed by atoms with E-state index < -0.39 is 24.0 Å². The molecule has 0 spiro atoms. The normalized spacial score (nSPS) is 13.0. The van der Waals surface area contributed by atoms with Crippen LogP contribution >= 0.6 is 0 Å². The van der Waals surface area contributed by atoms with E-state index in [0.717, 1.165) is 22.3 Å². The minimum absolute atomic E-state index is 0.0769. The molecule has 9 nitrogen and oxygen atoms in total. The molecule has 3 N–H and O–H groups in total. The number of anilines is 1. The highest BCUT2D eigenvalue weighted by molar-refractivity contribution is 5.96. The minimum atomic E-state index is -1.13. The summed E-state index contributed by atoms with van der Waals surface area (Å²) in [7, 11) is 0. The first kappa shape index (κ1) is 23.0. The Kier molecular flexibility index (Phi) is 6.62. The Morgan fingerprint density at radius 2 is 1.68 bits per heavy atom. The van der Waals surface area contributed by atoms with Gasteiger partial charge >= 0.3 is 12.1 Å². The number of nitrogens with one attached hydrogen (secondary N) is 2. The summed E-state index contributed by atoms with van der Waals surface area (Å²) in [5.74, 6) is -1.69. The molecule has 0 bridgehead atoms. The van der Waals surface area contributed by atoms with Crippen molar-refractivity contribution in [3.05, 3.63) is 70.9 Å². The zero-order valence-corrected chi connectivity index (χ0v) is 18.8. The van der Waals surface area contributed by atoms with Crippen LogP contribution in [0.2, 0.25) is 0 Å². The lowest BCUT2D eigenvalue weighted by atomic mass is 9.98. The van der Waals surface area contributed by atoms with Crippen LogP contribution in [0.5, 0.6) is 0 Å². The van der Waals surface area contributed by atoms with Gasteiger partial charge in [-0.15, -0.1) is 0 Å². The number of hydrogen-bond donors (Lipinski definition) is 3. The molecule has 1 unspecified atom stereocenters. The fourth-order valence-electron chi connectivity index (χ4n) is 4.05. The molecule has 1 aliphatic carbocycles. The number of benzene rings is 2. The molecule has 3 aromatic rings. The summed E-state index contributed by atoms with van der Waals surface area (Å²) in [6.45, 7) is 3.53. The van der Waals surface area contributed by atoms with Crippen molar-refractivity contribution in [1.82, 2.24) is 10.5 Å². The Morgan fingerprint density at radius 3 is 2.24 bits per heavy atom. The van der Waals surface area contributed by atoms with E-state index >= 15 is 0 Å². The number of hydrogen-bond acceptors (Lipinski definition) is 6. The largest absolute Gasteiger partial charge is 0.481 e. The molecule has 1 heterocycles. The number of ether oxygens (including phenoxy) is 1. The quantitative estimate of drug-likeness (QED) is 0.460. The van der Waals surface area contributed by atoms with E-state index in [-0.39, 0.29) is 31.3 Å². The molecule has 1 atom stereocenters. The van der Waals surface area contributed by atoms with Gasteiger partial charge < -0.3 is 19.7 Å². The number of rotatable bonds is 8. The highest BCUT2D eigenvalue weighted by atomic mass is 16.5. The number of aromatic nitrogens is 1. The standard InChI is InChI=1S/C25H25N3O6/c1-14-15(2)28-34-24(14)27-23(31)21(11-12-22(29)30)26-25(32)33-13-20-18-9-5-3-7-16(18)17-8-4-6-10-19(17)20/h3-10,20-21H,11-13H2,1-2H3,(H,26,32)(H,27,31)(H,29,30). The van der Waals surface area contributed by atoms with Gasteiger partial charge in [-0.25, -0.2) is 4.79 Å². The van der Waals surface area contributed by atoms with E-state index in [1.54, 1.807) is 13.8 Å². The van der Waals surface area contributed by atoms with Gasteiger partial charge in [0.05, 0.1) is 5.69 Å². The highest BCUT2D eigenvalue weighted by Gasteiger charge is 2.30. The molecule has 0 aliphatic heterocycles. The third kappa shape index (κ3) is 4.78. The molecule has 2 amide bonds. The van der Waals surface area contributed by atoms with E-state index in [1.165, 1.54) is 0 Å². The second-order valence-electron chi connectivity index (χ2n) is 8.17. The van der Waals surface area contributed by atoms with E-state index in [0.29, 0.717) is 11.3 Å². The van der Waals surface area contributed by atoms with Crippen molar-refractivity contribution in [3.63, 3.8) is 0 Å². The summed E-state index contributed by atoms with van der Waals surface area (Å²) in [5, 5.41) is 17.9. The number of aliphatic carboxylic acids is 1. The third-order valence-corrected chi connectivity index (χ3v) is 5.99. The summed E-state index contributed by atoms with van der Waals surface area (Å²) >= 11 is 0. The van der Waals surface area contributed by atoms with Crippen LogP contribution in [0.15, 0.2) is 53.1 Å². The maximum atomic E-state index is 12.7. The van der Waals surface area contributed by atoms with Crippen LogP contribution in [-0.4, -0.2) is 40.9 Å². The van der Waals surface area contributed by atoms with Gasteiger partial charge in [-0.3, -0.25) is 14.9 Å². The van der Waals surface area contributed by atoms with Gasteiger partial charge in [0.15, 0.2) is 0 Å². The first-order chi connectivity index (χ1) is 16.3. The van der Waals surface area contributed by atoms with Crippen molar-refractivity contribution in [2.75, 3.05) is 11.9 Å². The van der Waals surface area contributed by atoms with Gasteiger partial charge in [-0.05, 0) is 42.5 Å². The summed E-state index contributed by atoms with van der Waals surface area (Å²) in [6, 6.07) is 14.8. The Balaban J connectivity index is 1.43. The van der Waals surface area contributed by atoms with Gasteiger partial charge in [0, 0.05) is 17.9 Å². The second-order valence-corrected chi connectivity index (χ2v) is 8.17. The van der Waals surface area contributed by atoms with E-state index in [2.05, 4.69) is 15.8 Å². The van der Waals surface area contributed by atoms with E-state index in [9.17, 15) is 14.4 Å². The zero-order valence-electron chi connectivity index (χ0n) is 18.8. The lowest BCUT2D eigenvalue weighted by Crippen LogP contribution is -2.44. The minimum Gasteiger partial charge on any atom is -0.481 e. The Labute approximate surface area is 196 Å². The number of alkyl carbamates (subject to hydrolysis) is 1. The van der Waals surface area contributed by atoms with Crippen LogP contribution in [0.3, 0.4) is 0 Å². The summed E-state index contributed by atoms with van der Waals surface area (Å²) in [5.41, 5.74) is 5.58. The molecule has 0 saturated heterocycles. The van der Waals surface area contributed by atoms with Crippen LogP contribution in [-0.2, 0) is 14.3 Å². The van der Waals surface area contributed by atoms with Crippen LogP contribution in [0, 0.1) is 13.8 Å².